The Kier molecular flexibility index (Phi) is 3.17. The molecule has 0 amide bonds. The summed E-state index contributed by atoms with van der Waals surface area (Å²) in [6.07, 6.45) is 2.01. The van der Waals surface area contributed by atoms with Gasteiger partial charge in [-0.25, -0.2) is 4.98 Å². The summed E-state index contributed by atoms with van der Waals surface area (Å²) in [5.41, 5.74) is 2.62. The van der Waals surface area contributed by atoms with E-state index >= 15 is 0 Å². The van der Waals surface area contributed by atoms with E-state index in [0.717, 1.165) is 11.1 Å². The molecule has 98 valence electrons. The summed E-state index contributed by atoms with van der Waals surface area (Å²) >= 11 is 0. The molecule has 3 rings (SSSR count). The Morgan fingerprint density at radius 1 is 1.05 bits per heavy atom. The topological polar surface area (TPSA) is 45.8 Å². The minimum Gasteiger partial charge on any atom is -0.306 e. The Morgan fingerprint density at radius 2 is 1.75 bits per heavy atom. The molecule has 1 aromatic heterocycles. The summed E-state index contributed by atoms with van der Waals surface area (Å²) in [7, 11) is 0. The van der Waals surface area contributed by atoms with Gasteiger partial charge in [0.15, 0.2) is 0 Å². The number of hydrogen-bond donors (Lipinski definition) is 1. The van der Waals surface area contributed by atoms with Gasteiger partial charge in [0.1, 0.15) is 5.82 Å². The molecule has 0 atom stereocenters. The maximum Gasteiger partial charge on any atom is 0.259 e. The fourth-order valence-electron chi connectivity index (χ4n) is 2.14. The van der Waals surface area contributed by atoms with E-state index in [-0.39, 0.29) is 5.56 Å². The SMILES string of the molecule is C/C(=C/c1ccccc1)c1nc2ccccc2c(=O)[nH]1. The number of para-hydroxylation sites is 1. The highest BCUT2D eigenvalue weighted by atomic mass is 16.1. The van der Waals surface area contributed by atoms with E-state index in [0.29, 0.717) is 16.7 Å². The summed E-state index contributed by atoms with van der Waals surface area (Å²) in [5, 5.41) is 0.615. The average Bonchev–Trinajstić information content (AvgIpc) is 2.48. The van der Waals surface area contributed by atoms with Crippen molar-refractivity contribution in [3.05, 3.63) is 76.3 Å². The van der Waals surface area contributed by atoms with Gasteiger partial charge in [0, 0.05) is 0 Å². The second-order valence-electron chi connectivity index (χ2n) is 4.67. The summed E-state index contributed by atoms with van der Waals surface area (Å²) in [6, 6.07) is 17.3. The van der Waals surface area contributed by atoms with Crippen molar-refractivity contribution in [3.63, 3.8) is 0 Å². The van der Waals surface area contributed by atoms with Crippen LogP contribution in [0.25, 0.3) is 22.6 Å². The Balaban J connectivity index is 2.11. The van der Waals surface area contributed by atoms with E-state index in [1.807, 2.05) is 61.5 Å². The van der Waals surface area contributed by atoms with Crippen LogP contribution in [0.5, 0.6) is 0 Å². The molecule has 0 saturated carbocycles. The number of allylic oxidation sites excluding steroid dienone is 1. The summed E-state index contributed by atoms with van der Waals surface area (Å²) < 4.78 is 0. The highest BCUT2D eigenvalue weighted by Gasteiger charge is 2.04. The summed E-state index contributed by atoms with van der Waals surface area (Å²) in [6.45, 7) is 1.94. The zero-order valence-electron chi connectivity index (χ0n) is 11.1. The van der Waals surface area contributed by atoms with Crippen molar-refractivity contribution in [3.8, 4) is 0 Å². The molecule has 0 aliphatic rings. The number of nitrogens with zero attached hydrogens (tertiary/aromatic N) is 1. The minimum atomic E-state index is -0.105. The van der Waals surface area contributed by atoms with Gasteiger partial charge >= 0.3 is 0 Å². The van der Waals surface area contributed by atoms with Gasteiger partial charge in [-0.15, -0.1) is 0 Å². The third kappa shape index (κ3) is 2.38. The van der Waals surface area contributed by atoms with E-state index in [2.05, 4.69) is 9.97 Å². The molecule has 3 nitrogen and oxygen atoms in total. The minimum absolute atomic E-state index is 0.105. The van der Waals surface area contributed by atoms with Crippen LogP contribution in [-0.4, -0.2) is 9.97 Å². The number of nitrogens with one attached hydrogen (secondary N) is 1. The Bertz CT molecular complexity index is 832. The van der Waals surface area contributed by atoms with Crippen LogP contribution in [0.15, 0.2) is 59.4 Å². The number of H-pyrrole nitrogens is 1. The van der Waals surface area contributed by atoms with Crippen LogP contribution in [-0.2, 0) is 0 Å². The molecule has 0 spiro atoms. The lowest BCUT2D eigenvalue weighted by Gasteiger charge is -2.03. The second-order valence-corrected chi connectivity index (χ2v) is 4.67. The molecule has 0 aliphatic heterocycles. The zero-order chi connectivity index (χ0) is 13.9. The van der Waals surface area contributed by atoms with Gasteiger partial charge in [0.05, 0.1) is 10.9 Å². The van der Waals surface area contributed by atoms with E-state index in [1.54, 1.807) is 6.07 Å². The monoisotopic (exact) mass is 262 g/mol. The summed E-state index contributed by atoms with van der Waals surface area (Å²) in [4.78, 5) is 19.4. The van der Waals surface area contributed by atoms with Crippen LogP contribution in [0.1, 0.15) is 18.3 Å². The maximum absolute atomic E-state index is 12.0. The highest BCUT2D eigenvalue weighted by molar-refractivity contribution is 5.82. The lowest BCUT2D eigenvalue weighted by molar-refractivity contribution is 1.12. The van der Waals surface area contributed by atoms with Crippen LogP contribution < -0.4 is 5.56 Å². The molecule has 20 heavy (non-hydrogen) atoms. The van der Waals surface area contributed by atoms with Crippen molar-refractivity contribution < 1.29 is 0 Å². The van der Waals surface area contributed by atoms with Crippen LogP contribution in [0.2, 0.25) is 0 Å². The first kappa shape index (κ1) is 12.4. The summed E-state index contributed by atoms with van der Waals surface area (Å²) in [5.74, 6) is 0.609. The lowest BCUT2D eigenvalue weighted by Crippen LogP contribution is -2.10. The molecule has 1 N–H and O–H groups in total. The van der Waals surface area contributed by atoms with Crippen LogP contribution in [0, 0.1) is 0 Å². The Morgan fingerprint density at radius 3 is 2.55 bits per heavy atom. The van der Waals surface area contributed by atoms with Gasteiger partial charge in [-0.05, 0) is 36.3 Å². The number of rotatable bonds is 2. The number of fused-ring (bicyclic) bond motifs is 1. The molecule has 0 aliphatic carbocycles. The molecule has 0 fully saturated rings. The Labute approximate surface area is 116 Å². The van der Waals surface area contributed by atoms with Crippen molar-refractivity contribution in [1.82, 2.24) is 9.97 Å². The van der Waals surface area contributed by atoms with E-state index < -0.39 is 0 Å². The van der Waals surface area contributed by atoms with Crippen molar-refractivity contribution in [2.75, 3.05) is 0 Å². The second kappa shape index (κ2) is 5.13. The van der Waals surface area contributed by atoms with Crippen molar-refractivity contribution in [1.29, 1.82) is 0 Å². The average molecular weight is 262 g/mol. The van der Waals surface area contributed by atoms with Crippen LogP contribution in [0.4, 0.5) is 0 Å². The maximum atomic E-state index is 12.0. The van der Waals surface area contributed by atoms with Crippen molar-refractivity contribution >= 4 is 22.6 Å². The number of hydrogen-bond acceptors (Lipinski definition) is 2. The number of aromatic nitrogens is 2. The van der Waals surface area contributed by atoms with Gasteiger partial charge in [-0.3, -0.25) is 4.79 Å². The predicted molar refractivity (Wildman–Crippen MR) is 82.4 cm³/mol. The molecular weight excluding hydrogens is 248 g/mol. The predicted octanol–water partition coefficient (Wildman–Crippen LogP) is 3.48. The van der Waals surface area contributed by atoms with Crippen LogP contribution >= 0.6 is 0 Å². The van der Waals surface area contributed by atoms with Crippen molar-refractivity contribution in [2.45, 2.75) is 6.92 Å². The lowest BCUT2D eigenvalue weighted by atomic mass is 10.1. The molecule has 3 heteroatoms. The normalized spacial score (nSPS) is 11.8. The number of benzene rings is 2. The molecule has 0 bridgehead atoms. The first-order valence-corrected chi connectivity index (χ1v) is 6.47. The standard InChI is InChI=1S/C17H14N2O/c1-12(11-13-7-3-2-4-8-13)16-18-15-10-6-5-9-14(15)17(20)19-16/h2-11H,1H3,(H,18,19,20)/b12-11-. The molecule has 0 unspecified atom stereocenters. The molecule has 0 saturated heterocycles. The first-order chi connectivity index (χ1) is 9.74. The van der Waals surface area contributed by atoms with E-state index in [4.69, 9.17) is 0 Å². The molecule has 0 radical (unpaired) electrons. The number of aromatic amines is 1. The van der Waals surface area contributed by atoms with E-state index in [1.165, 1.54) is 0 Å². The fraction of sp³-hybridized carbons (Fsp3) is 0.0588. The molecule has 2 aromatic carbocycles. The third-order valence-electron chi connectivity index (χ3n) is 3.17. The highest BCUT2D eigenvalue weighted by Crippen LogP contribution is 2.15. The van der Waals surface area contributed by atoms with Gasteiger partial charge in [-0.2, -0.15) is 0 Å². The van der Waals surface area contributed by atoms with Gasteiger partial charge in [0.2, 0.25) is 0 Å². The molecular formula is C17H14N2O. The third-order valence-corrected chi connectivity index (χ3v) is 3.17. The largest absolute Gasteiger partial charge is 0.306 e. The Hall–Kier alpha value is -2.68. The quantitative estimate of drug-likeness (QED) is 0.768. The zero-order valence-corrected chi connectivity index (χ0v) is 11.1. The molecule has 3 aromatic rings. The van der Waals surface area contributed by atoms with Crippen LogP contribution in [0.3, 0.4) is 0 Å². The fourth-order valence-corrected chi connectivity index (χ4v) is 2.14. The smallest absolute Gasteiger partial charge is 0.259 e. The van der Waals surface area contributed by atoms with Gasteiger partial charge in [-0.1, -0.05) is 42.5 Å². The van der Waals surface area contributed by atoms with E-state index in [9.17, 15) is 4.79 Å². The van der Waals surface area contributed by atoms with Gasteiger partial charge < -0.3 is 4.98 Å². The van der Waals surface area contributed by atoms with Gasteiger partial charge in [0.25, 0.3) is 5.56 Å². The first-order valence-electron chi connectivity index (χ1n) is 6.47. The molecule has 1 heterocycles. The van der Waals surface area contributed by atoms with Crippen molar-refractivity contribution in [2.24, 2.45) is 0 Å².